The molecule has 0 radical (unpaired) electrons. The molecule has 1 heterocycles. The Hall–Kier alpha value is -3.55. The molecule has 36 heavy (non-hydrogen) atoms. The fraction of sp³-hybridized carbons (Fsp3) is 0.222. The summed E-state index contributed by atoms with van der Waals surface area (Å²) in [5, 5.41) is 4.98. The molecule has 0 atom stereocenters. The first-order valence-corrected chi connectivity index (χ1v) is 12.5. The van der Waals surface area contributed by atoms with E-state index in [-0.39, 0.29) is 12.0 Å². The molecule has 186 valence electrons. The molecule has 9 heteroatoms. The molecule has 1 amide bonds. The van der Waals surface area contributed by atoms with Gasteiger partial charge in [-0.2, -0.15) is 5.10 Å². The number of hydrazone groups is 1. The zero-order valence-electron chi connectivity index (χ0n) is 19.7. The number of rotatable bonds is 10. The van der Waals surface area contributed by atoms with Gasteiger partial charge in [0.15, 0.2) is 6.61 Å². The molecular formula is C27H25Cl2N3O4. The normalized spacial score (nSPS) is 11.3. The van der Waals surface area contributed by atoms with Crippen molar-refractivity contribution in [3.05, 3.63) is 82.0 Å². The largest absolute Gasteiger partial charge is 0.483 e. The van der Waals surface area contributed by atoms with Crippen LogP contribution in [-0.4, -0.2) is 43.6 Å². The molecule has 0 fully saturated rings. The summed E-state index contributed by atoms with van der Waals surface area (Å²) in [5.41, 5.74) is 5.77. The number of carbonyl (C=O) groups excluding carboxylic acids is 1. The molecule has 7 nitrogen and oxygen atoms in total. The summed E-state index contributed by atoms with van der Waals surface area (Å²) in [6.45, 7) is 2.96. The number of anilines is 1. The van der Waals surface area contributed by atoms with E-state index in [1.165, 1.54) is 0 Å². The topological polar surface area (TPSA) is 84.1 Å². The Morgan fingerprint density at radius 1 is 1.03 bits per heavy atom. The van der Waals surface area contributed by atoms with Gasteiger partial charge >= 0.3 is 0 Å². The van der Waals surface area contributed by atoms with Crippen molar-refractivity contribution in [2.45, 2.75) is 6.92 Å². The highest BCUT2D eigenvalue weighted by atomic mass is 35.5. The van der Waals surface area contributed by atoms with Gasteiger partial charge in [0.05, 0.1) is 17.0 Å². The molecule has 0 aliphatic carbocycles. The molecule has 4 rings (SSSR count). The van der Waals surface area contributed by atoms with Gasteiger partial charge in [-0.1, -0.05) is 24.3 Å². The third-order valence-electron chi connectivity index (χ3n) is 5.67. The van der Waals surface area contributed by atoms with E-state index in [2.05, 4.69) is 15.4 Å². The van der Waals surface area contributed by atoms with E-state index in [1.54, 1.807) is 43.5 Å². The number of benzene rings is 3. The lowest BCUT2D eigenvalue weighted by Gasteiger charge is -2.22. The molecule has 3 aromatic carbocycles. The van der Waals surface area contributed by atoms with E-state index in [9.17, 15) is 9.59 Å². The SMILES string of the molecule is Cc1c(OCC(=O)N/N=C\c2ccc(N(CCCl)CCCl)cc2)ccc2c(=O)c3ccccc3oc12. The Morgan fingerprint density at radius 2 is 1.75 bits per heavy atom. The summed E-state index contributed by atoms with van der Waals surface area (Å²) in [6, 6.07) is 18.1. The van der Waals surface area contributed by atoms with Crippen LogP contribution in [0, 0.1) is 6.92 Å². The number of para-hydroxylation sites is 1. The van der Waals surface area contributed by atoms with Crippen LogP contribution in [0.3, 0.4) is 0 Å². The Balaban J connectivity index is 1.37. The summed E-state index contributed by atoms with van der Waals surface area (Å²) in [6.07, 6.45) is 1.55. The number of aryl methyl sites for hydroxylation is 1. The maximum absolute atomic E-state index is 12.8. The van der Waals surface area contributed by atoms with Crippen molar-refractivity contribution < 1.29 is 13.9 Å². The second kappa shape index (κ2) is 11.9. The van der Waals surface area contributed by atoms with E-state index in [0.717, 1.165) is 11.3 Å². The molecule has 0 unspecified atom stereocenters. The number of halogens is 2. The second-order valence-corrected chi connectivity index (χ2v) is 8.79. The second-order valence-electron chi connectivity index (χ2n) is 8.03. The van der Waals surface area contributed by atoms with E-state index >= 15 is 0 Å². The van der Waals surface area contributed by atoms with E-state index in [4.69, 9.17) is 32.4 Å². The summed E-state index contributed by atoms with van der Waals surface area (Å²) in [7, 11) is 0. The smallest absolute Gasteiger partial charge is 0.277 e. The van der Waals surface area contributed by atoms with Crippen molar-refractivity contribution in [3.8, 4) is 5.75 Å². The van der Waals surface area contributed by atoms with Crippen LogP contribution in [0.25, 0.3) is 21.9 Å². The van der Waals surface area contributed by atoms with Crippen LogP contribution in [-0.2, 0) is 4.79 Å². The molecule has 4 aromatic rings. The number of amides is 1. The summed E-state index contributed by atoms with van der Waals surface area (Å²) >= 11 is 11.7. The fourth-order valence-electron chi connectivity index (χ4n) is 3.84. The summed E-state index contributed by atoms with van der Waals surface area (Å²) in [4.78, 5) is 27.1. The summed E-state index contributed by atoms with van der Waals surface area (Å²) < 4.78 is 11.6. The number of hydrogen-bond acceptors (Lipinski definition) is 6. The molecule has 0 aliphatic heterocycles. The van der Waals surface area contributed by atoms with Gasteiger partial charge in [-0.25, -0.2) is 5.43 Å². The van der Waals surface area contributed by atoms with Gasteiger partial charge in [-0.3, -0.25) is 9.59 Å². The van der Waals surface area contributed by atoms with Gasteiger partial charge in [0.2, 0.25) is 5.43 Å². The third kappa shape index (κ3) is 5.80. The van der Waals surface area contributed by atoms with Crippen molar-refractivity contribution in [2.24, 2.45) is 5.10 Å². The van der Waals surface area contributed by atoms with E-state index in [1.807, 2.05) is 30.3 Å². The number of carbonyl (C=O) groups is 1. The standard InChI is InChI=1S/C27H25Cl2N3O4/c1-18-23(11-10-22-26(34)21-4-2-3-5-24(21)36-27(18)22)35-17-25(33)31-30-16-19-6-8-20(9-7-19)32(14-12-28)15-13-29/h2-11,16H,12-15,17H2,1H3,(H,31,33)/b30-16-. The lowest BCUT2D eigenvalue weighted by Crippen LogP contribution is -2.27. The van der Waals surface area contributed by atoms with Crippen molar-refractivity contribution in [2.75, 3.05) is 36.4 Å². The maximum atomic E-state index is 12.8. The minimum Gasteiger partial charge on any atom is -0.483 e. The summed E-state index contributed by atoms with van der Waals surface area (Å²) in [5.74, 6) is 1.06. The molecular weight excluding hydrogens is 501 g/mol. The van der Waals surface area contributed by atoms with E-state index in [0.29, 0.717) is 58.1 Å². The first kappa shape index (κ1) is 25.5. The highest BCUT2D eigenvalue weighted by Crippen LogP contribution is 2.28. The van der Waals surface area contributed by atoms with Crippen LogP contribution in [0.15, 0.2) is 75.0 Å². The van der Waals surface area contributed by atoms with Crippen LogP contribution >= 0.6 is 23.2 Å². The van der Waals surface area contributed by atoms with Crippen molar-refractivity contribution in [1.29, 1.82) is 0 Å². The predicted octanol–water partition coefficient (Wildman–Crippen LogP) is 5.07. The van der Waals surface area contributed by atoms with Gasteiger partial charge in [-0.15, -0.1) is 23.2 Å². The fourth-order valence-corrected chi connectivity index (χ4v) is 4.25. The van der Waals surface area contributed by atoms with E-state index < -0.39 is 5.91 Å². The number of nitrogens with zero attached hydrogens (tertiary/aromatic N) is 2. The minimum absolute atomic E-state index is 0.104. The Bertz CT molecular complexity index is 1450. The van der Waals surface area contributed by atoms with Crippen molar-refractivity contribution in [3.63, 3.8) is 0 Å². The van der Waals surface area contributed by atoms with Crippen molar-refractivity contribution >= 4 is 62.9 Å². The average molecular weight is 526 g/mol. The molecule has 0 saturated carbocycles. The maximum Gasteiger partial charge on any atom is 0.277 e. The number of hydrogen-bond donors (Lipinski definition) is 1. The van der Waals surface area contributed by atoms with Gasteiger partial charge < -0.3 is 14.1 Å². The lowest BCUT2D eigenvalue weighted by atomic mass is 10.1. The van der Waals surface area contributed by atoms with Crippen LogP contribution < -0.4 is 20.5 Å². The van der Waals surface area contributed by atoms with Gasteiger partial charge in [0.25, 0.3) is 5.91 Å². The zero-order chi connectivity index (χ0) is 25.5. The monoisotopic (exact) mass is 525 g/mol. The minimum atomic E-state index is -0.419. The Morgan fingerprint density at radius 3 is 2.47 bits per heavy atom. The number of ether oxygens (including phenoxy) is 1. The van der Waals surface area contributed by atoms with Crippen LogP contribution in [0.1, 0.15) is 11.1 Å². The third-order valence-corrected chi connectivity index (χ3v) is 6.01. The van der Waals surface area contributed by atoms with Gasteiger partial charge in [-0.05, 0) is 48.9 Å². The number of fused-ring (bicyclic) bond motifs is 2. The quantitative estimate of drug-likeness (QED) is 0.135. The molecule has 0 saturated heterocycles. The number of alkyl halides is 2. The molecule has 1 N–H and O–H groups in total. The van der Waals surface area contributed by atoms with Gasteiger partial charge in [0.1, 0.15) is 16.9 Å². The Labute approximate surface area is 218 Å². The van der Waals surface area contributed by atoms with Crippen LogP contribution in [0.5, 0.6) is 5.75 Å². The van der Waals surface area contributed by atoms with Crippen molar-refractivity contribution in [1.82, 2.24) is 5.43 Å². The average Bonchev–Trinajstić information content (AvgIpc) is 2.89. The number of nitrogens with one attached hydrogen (secondary N) is 1. The zero-order valence-corrected chi connectivity index (χ0v) is 21.2. The molecule has 0 spiro atoms. The van der Waals surface area contributed by atoms with Crippen LogP contribution in [0.4, 0.5) is 5.69 Å². The Kier molecular flexibility index (Phi) is 8.46. The van der Waals surface area contributed by atoms with Crippen LogP contribution in [0.2, 0.25) is 0 Å². The highest BCUT2D eigenvalue weighted by molar-refractivity contribution is 6.18. The molecule has 1 aromatic heterocycles. The van der Waals surface area contributed by atoms with Gasteiger partial charge in [0, 0.05) is 36.1 Å². The predicted molar refractivity (Wildman–Crippen MR) is 146 cm³/mol. The first-order valence-electron chi connectivity index (χ1n) is 11.4. The lowest BCUT2D eigenvalue weighted by molar-refractivity contribution is -0.123. The first-order chi connectivity index (χ1) is 17.5. The highest BCUT2D eigenvalue weighted by Gasteiger charge is 2.13. The molecule has 0 aliphatic rings. The molecule has 0 bridgehead atoms.